The fraction of sp³-hybridized carbons (Fsp3) is 0.321. The van der Waals surface area contributed by atoms with Crippen LogP contribution in [0, 0.1) is 0 Å². The molecule has 3 aromatic heterocycles. The highest BCUT2D eigenvalue weighted by Gasteiger charge is 2.14. The third-order valence-electron chi connectivity index (χ3n) is 5.55. The maximum atomic E-state index is 12.6. The molecule has 0 unspecified atom stereocenters. The van der Waals surface area contributed by atoms with Crippen molar-refractivity contribution in [2.45, 2.75) is 19.6 Å². The summed E-state index contributed by atoms with van der Waals surface area (Å²) in [7, 11) is 0. The lowest BCUT2D eigenvalue weighted by Gasteiger charge is -2.26. The molecule has 11 heteroatoms. The summed E-state index contributed by atoms with van der Waals surface area (Å²) in [6.07, 6.45) is 1.81. The van der Waals surface area contributed by atoms with Crippen molar-refractivity contribution >= 4 is 44.1 Å². The number of ether oxygens (including phenoxy) is 2. The van der Waals surface area contributed by atoms with Gasteiger partial charge in [-0.05, 0) is 30.3 Å². The molecule has 2 N–H and O–H groups in total. The van der Waals surface area contributed by atoms with Crippen LogP contribution in [-0.4, -0.2) is 64.7 Å². The van der Waals surface area contributed by atoms with E-state index in [-0.39, 0.29) is 12.4 Å². The van der Waals surface area contributed by atoms with E-state index in [4.69, 9.17) is 29.8 Å². The van der Waals surface area contributed by atoms with E-state index in [1.54, 1.807) is 48.7 Å². The van der Waals surface area contributed by atoms with Gasteiger partial charge in [-0.2, -0.15) is 0 Å². The second kappa shape index (κ2) is 11.0. The maximum Gasteiger partial charge on any atom is 0.324 e. The minimum Gasteiger partial charge on any atom is -0.492 e. The van der Waals surface area contributed by atoms with Crippen LogP contribution in [0.4, 0.5) is 16.3 Å². The molecule has 0 saturated carbocycles. The Morgan fingerprint density at radius 3 is 2.87 bits per heavy atom. The highest BCUT2D eigenvalue weighted by atomic mass is 32.1. The predicted octanol–water partition coefficient (Wildman–Crippen LogP) is 5.68. The Morgan fingerprint density at radius 1 is 1.21 bits per heavy atom. The summed E-state index contributed by atoms with van der Waals surface area (Å²) in [5, 5.41) is 8.37. The number of morpholine rings is 1. The van der Waals surface area contributed by atoms with Crippen molar-refractivity contribution in [3.63, 3.8) is 0 Å². The Hall–Kier alpha value is -3.93. The van der Waals surface area contributed by atoms with Crippen LogP contribution in [0.15, 0.2) is 59.3 Å². The van der Waals surface area contributed by atoms with Gasteiger partial charge in [0.15, 0.2) is 10.8 Å². The van der Waals surface area contributed by atoms with E-state index in [0.717, 1.165) is 16.3 Å². The van der Waals surface area contributed by atoms with E-state index in [2.05, 4.69) is 25.5 Å². The number of nitrogens with one attached hydrogen (secondary N) is 2. The Kier molecular flexibility index (Phi) is 3.80. The molecule has 0 bridgehead atoms. The monoisotopic (exact) mass is 561 g/mol. The van der Waals surface area contributed by atoms with Crippen molar-refractivity contribution in [1.82, 2.24) is 19.4 Å². The van der Waals surface area contributed by atoms with Gasteiger partial charge in [0.1, 0.15) is 18.1 Å². The molecule has 1 fully saturated rings. The first-order valence-corrected chi connectivity index (χ1v) is 12.3. The molecule has 0 aliphatic carbocycles. The average Bonchev–Trinajstić information content (AvgIpc) is 3.75. The average molecular weight is 562 g/mol. The molecule has 2 aromatic carbocycles. The normalized spacial score (nSPS) is 26.1. The van der Waals surface area contributed by atoms with Crippen molar-refractivity contribution in [3.8, 4) is 17.0 Å². The molecule has 1 aliphatic rings. The van der Waals surface area contributed by atoms with Crippen molar-refractivity contribution in [2.24, 2.45) is 0 Å². The molecule has 1 saturated heterocycles. The van der Waals surface area contributed by atoms with Gasteiger partial charge in [-0.15, -0.1) is 0 Å². The molecule has 5 aromatic rings. The van der Waals surface area contributed by atoms with Crippen LogP contribution in [0.3, 0.4) is 0 Å². The van der Waals surface area contributed by atoms with Gasteiger partial charge in [0.2, 0.25) is 0 Å². The van der Waals surface area contributed by atoms with Crippen LogP contribution < -0.4 is 15.4 Å². The lowest BCUT2D eigenvalue weighted by atomic mass is 10.1. The quantitative estimate of drug-likeness (QED) is 0.251. The van der Waals surface area contributed by atoms with Crippen molar-refractivity contribution < 1.29 is 39.4 Å². The van der Waals surface area contributed by atoms with Crippen LogP contribution in [0.5, 0.6) is 5.75 Å². The summed E-state index contributed by atoms with van der Waals surface area (Å²) in [6, 6.07) is 11.8. The van der Waals surface area contributed by atoms with Gasteiger partial charge in [0, 0.05) is 64.0 Å². The zero-order valence-corrected chi connectivity index (χ0v) is 20.8. The van der Waals surface area contributed by atoms with E-state index in [9.17, 15) is 4.79 Å². The van der Waals surface area contributed by atoms with Gasteiger partial charge in [-0.25, -0.2) is 9.78 Å². The molecule has 10 nitrogen and oxygen atoms in total. The predicted molar refractivity (Wildman–Crippen MR) is 152 cm³/mol. The van der Waals surface area contributed by atoms with E-state index in [1.807, 2.05) is 4.40 Å². The number of urea groups is 1. The third kappa shape index (κ3) is 5.75. The van der Waals surface area contributed by atoms with Crippen molar-refractivity contribution in [3.05, 3.63) is 60.5 Å². The topological polar surface area (TPSA) is 106 Å². The van der Waals surface area contributed by atoms with Crippen LogP contribution in [-0.2, 0) is 4.74 Å². The SMILES string of the molecule is [2H]C([2H])([2H])C([2H])(c1cc(NC(=O)Nc2ccc(-c3cn4c(n3)sc3cc(OCCN5C([2H])([2H])C([2H])([2H])OC([2H])([2H])C5([2H])[2H])ccc34)cc2)no1)C([2H])([2H])[2H]. The number of nitrogens with zero attached hydrogens (tertiary/aromatic N) is 4. The molecule has 2 amide bonds. The zero-order chi connectivity index (χ0) is 39.9. The molecule has 202 valence electrons. The molecule has 0 radical (unpaired) electrons. The van der Waals surface area contributed by atoms with E-state index >= 15 is 0 Å². The summed E-state index contributed by atoms with van der Waals surface area (Å²) in [6.45, 7) is -19.6. The minimum atomic E-state index is -3.28. The smallest absolute Gasteiger partial charge is 0.324 e. The lowest BCUT2D eigenvalue weighted by Crippen LogP contribution is -2.38. The molecule has 0 atom stereocenters. The first-order valence-electron chi connectivity index (χ1n) is 19.0. The molecule has 4 heterocycles. The standard InChI is InChI=1S/C28H30N6O4S/c1-18(2)24-16-26(32-38-24)31-27(35)29-20-5-3-19(4-6-20)22-17-34-23-8-7-21(15-25(23)39-28(34)30-22)37-14-11-33-9-12-36-13-10-33/h3-8,15-18H,9-14H2,1-2H3,(H2,29,31,32,35)/i1D3,2D3,9D2,10D2,12D2,13D2,18D. The second-order valence-electron chi connectivity index (χ2n) is 8.15. The van der Waals surface area contributed by atoms with Crippen LogP contribution >= 0.6 is 11.3 Å². The fourth-order valence-electron chi connectivity index (χ4n) is 3.74. The molecular formula is C28H30N6O4S. The lowest BCUT2D eigenvalue weighted by molar-refractivity contribution is 0.0322. The van der Waals surface area contributed by atoms with Gasteiger partial charge in [0.25, 0.3) is 0 Å². The highest BCUT2D eigenvalue weighted by Crippen LogP contribution is 2.32. The number of benzene rings is 2. The fourth-order valence-corrected chi connectivity index (χ4v) is 4.78. The summed E-state index contributed by atoms with van der Waals surface area (Å²) in [5.41, 5.74) is 2.47. The van der Waals surface area contributed by atoms with Crippen molar-refractivity contribution in [2.75, 3.05) is 49.9 Å². The van der Waals surface area contributed by atoms with E-state index in [0.29, 0.717) is 32.6 Å². The number of amides is 2. The summed E-state index contributed by atoms with van der Waals surface area (Å²) in [4.78, 5) is 18.3. The first kappa shape index (κ1) is 13.4. The number of hydrogen-bond donors (Lipinski definition) is 2. The van der Waals surface area contributed by atoms with Gasteiger partial charge in [0.05, 0.1) is 34.5 Å². The summed E-state index contributed by atoms with van der Waals surface area (Å²) >= 11 is 1.34. The molecule has 39 heavy (non-hydrogen) atoms. The number of hydrogen-bond acceptors (Lipinski definition) is 8. The van der Waals surface area contributed by atoms with Crippen LogP contribution in [0.2, 0.25) is 0 Å². The number of carbonyl (C=O) groups excluding carboxylic acids is 1. The van der Waals surface area contributed by atoms with E-state index < -0.39 is 64.0 Å². The number of anilines is 2. The Balaban J connectivity index is 1.09. The number of carbonyl (C=O) groups is 1. The number of imidazole rings is 1. The van der Waals surface area contributed by atoms with E-state index in [1.165, 1.54) is 11.3 Å². The zero-order valence-electron chi connectivity index (χ0n) is 34.9. The molecular weight excluding hydrogens is 516 g/mol. The molecule has 1 aliphatic heterocycles. The summed E-state index contributed by atoms with van der Waals surface area (Å²) in [5.74, 6) is -3.81. The van der Waals surface area contributed by atoms with Crippen molar-refractivity contribution in [1.29, 1.82) is 0 Å². The second-order valence-corrected chi connectivity index (χ2v) is 9.16. The molecule has 0 spiro atoms. The molecule has 6 rings (SSSR count). The number of rotatable bonds is 8. The highest BCUT2D eigenvalue weighted by molar-refractivity contribution is 7.23. The van der Waals surface area contributed by atoms with Gasteiger partial charge in [-0.1, -0.05) is 42.3 Å². The first-order chi connectivity index (χ1) is 24.8. The number of thiazole rings is 1. The maximum absolute atomic E-state index is 12.6. The Morgan fingerprint density at radius 2 is 2.05 bits per heavy atom. The van der Waals surface area contributed by atoms with Crippen LogP contribution in [0.1, 0.15) is 45.9 Å². The Labute approximate surface area is 250 Å². The third-order valence-corrected chi connectivity index (χ3v) is 6.57. The van der Waals surface area contributed by atoms with Gasteiger partial charge in [-0.3, -0.25) is 14.6 Å². The summed E-state index contributed by atoms with van der Waals surface area (Å²) < 4.78 is 135. The minimum absolute atomic E-state index is 0.289. The van der Waals surface area contributed by atoms with Gasteiger partial charge >= 0.3 is 6.03 Å². The van der Waals surface area contributed by atoms with Gasteiger partial charge < -0.3 is 19.3 Å². The largest absolute Gasteiger partial charge is 0.492 e. The number of fused-ring (bicyclic) bond motifs is 3. The number of aromatic nitrogens is 3. The van der Waals surface area contributed by atoms with Crippen LogP contribution in [0.25, 0.3) is 26.4 Å². The Bertz CT molecular complexity index is 2160.